The van der Waals surface area contributed by atoms with Gasteiger partial charge in [0.05, 0.1) is 6.54 Å². The van der Waals surface area contributed by atoms with E-state index in [0.717, 1.165) is 12.1 Å². The van der Waals surface area contributed by atoms with Crippen LogP contribution < -0.4 is 5.32 Å². The molecule has 0 fully saturated rings. The van der Waals surface area contributed by atoms with Gasteiger partial charge in [-0.1, -0.05) is 51.1 Å². The van der Waals surface area contributed by atoms with Gasteiger partial charge in [0.15, 0.2) is 0 Å². The van der Waals surface area contributed by atoms with Crippen LogP contribution in [0.1, 0.15) is 32.4 Å². The predicted molar refractivity (Wildman–Crippen MR) is 80.2 cm³/mol. The highest BCUT2D eigenvalue weighted by molar-refractivity contribution is 5.21. The first-order valence-corrected chi connectivity index (χ1v) is 7.19. The molecule has 0 spiro atoms. The minimum atomic E-state index is -4.16. The molecule has 21 heavy (non-hydrogen) atoms. The Labute approximate surface area is 125 Å². The number of benzene rings is 1. The summed E-state index contributed by atoms with van der Waals surface area (Å²) in [5.41, 5.74) is 0.780. The minimum absolute atomic E-state index is 0.0133. The van der Waals surface area contributed by atoms with Gasteiger partial charge < -0.3 is 5.32 Å². The molecule has 0 heterocycles. The van der Waals surface area contributed by atoms with Gasteiger partial charge in [-0.15, -0.1) is 0 Å². The van der Waals surface area contributed by atoms with Gasteiger partial charge in [-0.05, 0) is 24.6 Å². The van der Waals surface area contributed by atoms with Crippen LogP contribution in [0.3, 0.4) is 0 Å². The molecule has 0 aromatic heterocycles. The van der Waals surface area contributed by atoms with Crippen molar-refractivity contribution in [1.29, 1.82) is 0 Å². The molecule has 1 rings (SSSR count). The SMILES string of the molecule is CCNC(c1ccccc1)C(C)(C)CN(C)CC(F)(F)F. The first-order chi connectivity index (χ1) is 9.65. The third-order valence-electron chi connectivity index (χ3n) is 3.45. The monoisotopic (exact) mass is 302 g/mol. The third-order valence-corrected chi connectivity index (χ3v) is 3.45. The number of hydrogen-bond acceptors (Lipinski definition) is 2. The predicted octanol–water partition coefficient (Wildman–Crippen LogP) is 3.86. The highest BCUT2D eigenvalue weighted by Crippen LogP contribution is 2.34. The second-order valence-electron chi connectivity index (χ2n) is 6.18. The molecule has 1 aromatic rings. The summed E-state index contributed by atoms with van der Waals surface area (Å²) in [4.78, 5) is 1.34. The maximum absolute atomic E-state index is 12.5. The summed E-state index contributed by atoms with van der Waals surface area (Å²) >= 11 is 0. The second kappa shape index (κ2) is 7.27. The number of alkyl halides is 3. The molecular weight excluding hydrogens is 277 g/mol. The van der Waals surface area contributed by atoms with Gasteiger partial charge in [-0.3, -0.25) is 4.90 Å². The van der Waals surface area contributed by atoms with Crippen LogP contribution in [-0.2, 0) is 0 Å². The summed E-state index contributed by atoms with van der Waals surface area (Å²) in [7, 11) is 1.52. The van der Waals surface area contributed by atoms with Crippen molar-refractivity contribution in [1.82, 2.24) is 10.2 Å². The zero-order valence-electron chi connectivity index (χ0n) is 13.2. The molecule has 0 bridgehead atoms. The second-order valence-corrected chi connectivity index (χ2v) is 6.18. The van der Waals surface area contributed by atoms with Crippen molar-refractivity contribution in [2.75, 3.05) is 26.7 Å². The molecule has 5 heteroatoms. The average Bonchev–Trinajstić information content (AvgIpc) is 2.33. The normalized spacial score (nSPS) is 14.5. The Balaban J connectivity index is 2.85. The smallest absolute Gasteiger partial charge is 0.310 e. The molecule has 0 aliphatic rings. The van der Waals surface area contributed by atoms with E-state index in [1.807, 2.05) is 51.1 Å². The molecule has 0 aliphatic carbocycles. The molecule has 2 nitrogen and oxygen atoms in total. The van der Waals surface area contributed by atoms with Gasteiger partial charge in [-0.2, -0.15) is 13.2 Å². The molecular formula is C16H25F3N2. The van der Waals surface area contributed by atoms with Crippen LogP contribution in [0, 0.1) is 5.41 Å². The molecule has 0 amide bonds. The summed E-state index contributed by atoms with van der Waals surface area (Å²) < 4.78 is 37.5. The Morgan fingerprint density at radius 2 is 1.67 bits per heavy atom. The summed E-state index contributed by atoms with van der Waals surface area (Å²) in [6, 6.07) is 9.89. The molecule has 0 radical (unpaired) electrons. The van der Waals surface area contributed by atoms with E-state index in [0.29, 0.717) is 6.54 Å². The molecule has 0 saturated heterocycles. The number of nitrogens with one attached hydrogen (secondary N) is 1. The highest BCUT2D eigenvalue weighted by Gasteiger charge is 2.35. The number of halogens is 3. The average molecular weight is 302 g/mol. The quantitative estimate of drug-likeness (QED) is 0.823. The maximum atomic E-state index is 12.5. The van der Waals surface area contributed by atoms with E-state index in [2.05, 4.69) is 5.32 Å². The van der Waals surface area contributed by atoms with Gasteiger partial charge in [-0.25, -0.2) is 0 Å². The Morgan fingerprint density at radius 1 is 1.10 bits per heavy atom. The molecule has 1 N–H and O–H groups in total. The fraction of sp³-hybridized carbons (Fsp3) is 0.625. The third kappa shape index (κ3) is 6.06. The number of nitrogens with zero attached hydrogens (tertiary/aromatic N) is 1. The van der Waals surface area contributed by atoms with Crippen LogP contribution in [0.25, 0.3) is 0 Å². The highest BCUT2D eigenvalue weighted by atomic mass is 19.4. The van der Waals surface area contributed by atoms with Gasteiger partial charge >= 0.3 is 6.18 Å². The van der Waals surface area contributed by atoms with Gasteiger partial charge in [0, 0.05) is 12.6 Å². The van der Waals surface area contributed by atoms with E-state index in [9.17, 15) is 13.2 Å². The van der Waals surface area contributed by atoms with E-state index >= 15 is 0 Å². The van der Waals surface area contributed by atoms with Crippen LogP contribution in [0.2, 0.25) is 0 Å². The van der Waals surface area contributed by atoms with Crippen molar-refractivity contribution in [3.63, 3.8) is 0 Å². The largest absolute Gasteiger partial charge is 0.401 e. The molecule has 1 atom stereocenters. The summed E-state index contributed by atoms with van der Waals surface area (Å²) in [5, 5.41) is 3.40. The maximum Gasteiger partial charge on any atom is 0.401 e. The van der Waals surface area contributed by atoms with Crippen LogP contribution in [0.5, 0.6) is 0 Å². The van der Waals surface area contributed by atoms with E-state index in [-0.39, 0.29) is 11.5 Å². The van der Waals surface area contributed by atoms with E-state index in [1.54, 1.807) is 0 Å². The number of hydrogen-bond donors (Lipinski definition) is 1. The lowest BCUT2D eigenvalue weighted by Crippen LogP contribution is -2.44. The van der Waals surface area contributed by atoms with Crippen molar-refractivity contribution < 1.29 is 13.2 Å². The minimum Gasteiger partial charge on any atom is -0.310 e. The first-order valence-electron chi connectivity index (χ1n) is 7.19. The lowest BCUT2D eigenvalue weighted by Gasteiger charge is -2.38. The van der Waals surface area contributed by atoms with E-state index in [1.165, 1.54) is 11.9 Å². The lowest BCUT2D eigenvalue weighted by molar-refractivity contribution is -0.145. The van der Waals surface area contributed by atoms with Crippen molar-refractivity contribution in [2.24, 2.45) is 5.41 Å². The van der Waals surface area contributed by atoms with E-state index < -0.39 is 12.7 Å². The van der Waals surface area contributed by atoms with Crippen LogP contribution >= 0.6 is 0 Å². The fourth-order valence-electron chi connectivity index (χ4n) is 2.84. The number of rotatable bonds is 7. The molecule has 0 aliphatic heterocycles. The van der Waals surface area contributed by atoms with Gasteiger partial charge in [0.1, 0.15) is 0 Å². The Morgan fingerprint density at radius 3 is 2.14 bits per heavy atom. The Bertz CT molecular complexity index is 415. The first kappa shape index (κ1) is 18.0. The zero-order valence-corrected chi connectivity index (χ0v) is 13.2. The molecule has 1 unspecified atom stereocenters. The standard InChI is InChI=1S/C16H25F3N2/c1-5-20-14(13-9-7-6-8-10-13)15(2,3)11-21(4)12-16(17,18)19/h6-10,14,20H,5,11-12H2,1-4H3. The molecule has 120 valence electrons. The fourth-order valence-corrected chi connectivity index (χ4v) is 2.84. The zero-order chi connectivity index (χ0) is 16.1. The van der Waals surface area contributed by atoms with Crippen molar-refractivity contribution in [3.05, 3.63) is 35.9 Å². The van der Waals surface area contributed by atoms with Crippen molar-refractivity contribution >= 4 is 0 Å². The topological polar surface area (TPSA) is 15.3 Å². The van der Waals surface area contributed by atoms with Gasteiger partial charge in [0.25, 0.3) is 0 Å². The summed E-state index contributed by atoms with van der Waals surface area (Å²) in [6.07, 6.45) is -4.16. The van der Waals surface area contributed by atoms with Crippen molar-refractivity contribution in [2.45, 2.75) is 33.0 Å². The van der Waals surface area contributed by atoms with Crippen LogP contribution in [0.4, 0.5) is 13.2 Å². The Kier molecular flexibility index (Phi) is 6.23. The molecule has 0 saturated carbocycles. The van der Waals surface area contributed by atoms with Crippen LogP contribution in [-0.4, -0.2) is 37.8 Å². The summed E-state index contributed by atoms with van der Waals surface area (Å²) in [5.74, 6) is 0. The van der Waals surface area contributed by atoms with Crippen LogP contribution in [0.15, 0.2) is 30.3 Å². The summed E-state index contributed by atoms with van der Waals surface area (Å²) in [6.45, 7) is 6.25. The van der Waals surface area contributed by atoms with Gasteiger partial charge in [0.2, 0.25) is 0 Å². The van der Waals surface area contributed by atoms with Crippen molar-refractivity contribution in [3.8, 4) is 0 Å². The lowest BCUT2D eigenvalue weighted by atomic mass is 9.80. The Hall–Kier alpha value is -1.07. The van der Waals surface area contributed by atoms with E-state index in [4.69, 9.17) is 0 Å². The molecule has 1 aromatic carbocycles.